The monoisotopic (exact) mass is 320 g/mol. The molecule has 20 heavy (non-hydrogen) atoms. The third kappa shape index (κ3) is 3.24. The van der Waals surface area contributed by atoms with Gasteiger partial charge in [0.1, 0.15) is 14.8 Å². The van der Waals surface area contributed by atoms with Gasteiger partial charge in [-0.2, -0.15) is 0 Å². The second-order valence-corrected chi connectivity index (χ2v) is 7.47. The Kier molecular flexibility index (Phi) is 4.24. The first-order chi connectivity index (χ1) is 9.30. The van der Waals surface area contributed by atoms with E-state index in [0.29, 0.717) is 12.8 Å². The van der Waals surface area contributed by atoms with Crippen LogP contribution in [0.15, 0.2) is 12.1 Å². The van der Waals surface area contributed by atoms with Crippen LogP contribution in [-0.4, -0.2) is 31.0 Å². The molecular weight excluding hydrogens is 306 g/mol. The van der Waals surface area contributed by atoms with Crippen molar-refractivity contribution in [3.05, 3.63) is 29.3 Å². The van der Waals surface area contributed by atoms with Crippen molar-refractivity contribution in [2.24, 2.45) is 5.73 Å². The highest BCUT2D eigenvalue weighted by atomic mass is 32.2. The molecule has 8 heteroatoms. The van der Waals surface area contributed by atoms with Crippen molar-refractivity contribution >= 4 is 32.7 Å². The normalized spacial score (nSPS) is 18.7. The lowest BCUT2D eigenvalue weighted by Gasteiger charge is -2.24. The fourth-order valence-corrected chi connectivity index (χ4v) is 3.75. The minimum absolute atomic E-state index is 0.00759. The first kappa shape index (κ1) is 15.1. The van der Waals surface area contributed by atoms with Gasteiger partial charge >= 0.3 is 0 Å². The highest BCUT2D eigenvalue weighted by Gasteiger charge is 2.25. The van der Waals surface area contributed by atoms with Crippen molar-refractivity contribution in [2.45, 2.75) is 18.9 Å². The maximum atomic E-state index is 13.9. The predicted octanol–water partition coefficient (Wildman–Crippen LogP) is 1.59. The zero-order chi connectivity index (χ0) is 14.9. The molecule has 0 radical (unpaired) electrons. The number of anilines is 1. The smallest absolute Gasteiger partial charge is 0.182 e. The van der Waals surface area contributed by atoms with E-state index in [1.54, 1.807) is 0 Å². The van der Waals surface area contributed by atoms with E-state index >= 15 is 0 Å². The van der Waals surface area contributed by atoms with Crippen LogP contribution in [0.3, 0.4) is 0 Å². The SMILES string of the molecule is NC(=S)c1ccc(NC2CCS(=O)(=O)CC2)c(F)c1F. The lowest BCUT2D eigenvalue weighted by molar-refractivity contribution is 0.506. The van der Waals surface area contributed by atoms with Gasteiger partial charge in [-0.3, -0.25) is 0 Å². The van der Waals surface area contributed by atoms with Crippen LogP contribution < -0.4 is 11.1 Å². The standard InChI is InChI=1S/C12H14F2N2O2S2/c13-10-8(12(15)19)1-2-9(11(10)14)16-7-3-5-20(17,18)6-4-7/h1-2,7,16H,3-6H2,(H2,15,19). The summed E-state index contributed by atoms with van der Waals surface area (Å²) in [4.78, 5) is -0.211. The fourth-order valence-electron chi connectivity index (χ4n) is 2.11. The van der Waals surface area contributed by atoms with Crippen molar-refractivity contribution in [3.63, 3.8) is 0 Å². The molecule has 0 unspecified atom stereocenters. The van der Waals surface area contributed by atoms with Gasteiger partial charge < -0.3 is 11.1 Å². The van der Waals surface area contributed by atoms with Crippen molar-refractivity contribution in [3.8, 4) is 0 Å². The quantitative estimate of drug-likeness (QED) is 0.828. The number of benzene rings is 1. The second kappa shape index (κ2) is 5.61. The molecule has 1 heterocycles. The Bertz CT molecular complexity index is 633. The summed E-state index contributed by atoms with van der Waals surface area (Å²) in [6.07, 6.45) is 0.751. The van der Waals surface area contributed by atoms with Gasteiger partial charge in [-0.05, 0) is 25.0 Å². The van der Waals surface area contributed by atoms with Crippen LogP contribution in [0.1, 0.15) is 18.4 Å². The molecule has 0 saturated carbocycles. The largest absolute Gasteiger partial charge is 0.389 e. The van der Waals surface area contributed by atoms with Crippen molar-refractivity contribution < 1.29 is 17.2 Å². The molecule has 1 aliphatic heterocycles. The third-order valence-electron chi connectivity index (χ3n) is 3.26. The number of rotatable bonds is 3. The zero-order valence-corrected chi connectivity index (χ0v) is 12.2. The van der Waals surface area contributed by atoms with Crippen LogP contribution >= 0.6 is 12.2 Å². The van der Waals surface area contributed by atoms with Crippen LogP contribution in [-0.2, 0) is 9.84 Å². The van der Waals surface area contributed by atoms with Gasteiger partial charge in [0.15, 0.2) is 11.6 Å². The summed E-state index contributed by atoms with van der Waals surface area (Å²) in [6.45, 7) is 0. The van der Waals surface area contributed by atoms with Crippen LogP contribution in [0.4, 0.5) is 14.5 Å². The van der Waals surface area contributed by atoms with Crippen molar-refractivity contribution in [1.82, 2.24) is 0 Å². The number of sulfone groups is 1. The average Bonchev–Trinajstić information content (AvgIpc) is 2.37. The van der Waals surface area contributed by atoms with E-state index in [0.717, 1.165) is 0 Å². The zero-order valence-electron chi connectivity index (χ0n) is 10.5. The summed E-state index contributed by atoms with van der Waals surface area (Å²) in [7, 11) is -2.99. The summed E-state index contributed by atoms with van der Waals surface area (Å²) >= 11 is 4.62. The molecule has 0 atom stereocenters. The Morgan fingerprint density at radius 1 is 1.25 bits per heavy atom. The Labute approximate surface area is 121 Å². The molecule has 0 bridgehead atoms. The summed E-state index contributed by atoms with van der Waals surface area (Å²) in [6, 6.07) is 2.47. The first-order valence-corrected chi connectivity index (χ1v) is 8.28. The van der Waals surface area contributed by atoms with E-state index in [1.165, 1.54) is 12.1 Å². The molecule has 2 rings (SSSR count). The van der Waals surface area contributed by atoms with Gasteiger partial charge in [0.25, 0.3) is 0 Å². The fraction of sp³-hybridized carbons (Fsp3) is 0.417. The van der Waals surface area contributed by atoms with Crippen LogP contribution in [0.25, 0.3) is 0 Å². The predicted molar refractivity (Wildman–Crippen MR) is 77.5 cm³/mol. The number of nitrogens with two attached hydrogens (primary N) is 1. The third-order valence-corrected chi connectivity index (χ3v) is 5.20. The number of halogens is 2. The molecule has 1 aliphatic rings. The Morgan fingerprint density at radius 2 is 1.85 bits per heavy atom. The molecule has 0 spiro atoms. The molecular formula is C12H14F2N2O2S2. The number of thiocarbonyl (C=S) groups is 1. The second-order valence-electron chi connectivity index (χ2n) is 4.72. The average molecular weight is 320 g/mol. The van der Waals surface area contributed by atoms with E-state index < -0.39 is 21.5 Å². The molecule has 3 N–H and O–H groups in total. The van der Waals surface area contributed by atoms with Gasteiger partial charge in [-0.15, -0.1) is 0 Å². The summed E-state index contributed by atoms with van der Waals surface area (Å²) in [5.41, 5.74) is 5.13. The van der Waals surface area contributed by atoms with Gasteiger partial charge in [0, 0.05) is 11.6 Å². The van der Waals surface area contributed by atoms with Gasteiger partial charge in [0.2, 0.25) is 0 Å². The Morgan fingerprint density at radius 3 is 2.40 bits per heavy atom. The van der Waals surface area contributed by atoms with E-state index in [1.807, 2.05) is 0 Å². The molecule has 110 valence electrons. The molecule has 1 fully saturated rings. The molecule has 1 aromatic carbocycles. The maximum absolute atomic E-state index is 13.9. The lowest BCUT2D eigenvalue weighted by Crippen LogP contribution is -2.32. The highest BCUT2D eigenvalue weighted by molar-refractivity contribution is 7.91. The molecule has 4 nitrogen and oxygen atoms in total. The molecule has 0 aliphatic carbocycles. The summed E-state index contributed by atoms with van der Waals surface area (Å²) < 4.78 is 50.2. The van der Waals surface area contributed by atoms with Gasteiger partial charge in [-0.1, -0.05) is 12.2 Å². The summed E-state index contributed by atoms with van der Waals surface area (Å²) in [5.74, 6) is -2.03. The van der Waals surface area contributed by atoms with E-state index in [-0.39, 0.29) is 33.8 Å². The van der Waals surface area contributed by atoms with E-state index in [9.17, 15) is 17.2 Å². The Hall–Kier alpha value is -1.28. The molecule has 1 aromatic rings. The van der Waals surface area contributed by atoms with Gasteiger partial charge in [-0.25, -0.2) is 17.2 Å². The molecule has 0 aromatic heterocycles. The van der Waals surface area contributed by atoms with E-state index in [2.05, 4.69) is 17.5 Å². The number of nitrogens with one attached hydrogen (secondary N) is 1. The maximum Gasteiger partial charge on any atom is 0.182 e. The van der Waals surface area contributed by atoms with Crippen LogP contribution in [0, 0.1) is 11.6 Å². The molecule has 0 amide bonds. The minimum Gasteiger partial charge on any atom is -0.389 e. The summed E-state index contributed by atoms with van der Waals surface area (Å²) in [5, 5.41) is 2.83. The van der Waals surface area contributed by atoms with Crippen molar-refractivity contribution in [1.29, 1.82) is 0 Å². The number of hydrogen-bond acceptors (Lipinski definition) is 4. The van der Waals surface area contributed by atoms with E-state index in [4.69, 9.17) is 5.73 Å². The lowest BCUT2D eigenvalue weighted by atomic mass is 10.1. The topological polar surface area (TPSA) is 72.2 Å². The van der Waals surface area contributed by atoms with Crippen molar-refractivity contribution in [2.75, 3.05) is 16.8 Å². The number of hydrogen-bond donors (Lipinski definition) is 2. The minimum atomic E-state index is -2.99. The van der Waals surface area contributed by atoms with Crippen LogP contribution in [0.5, 0.6) is 0 Å². The van der Waals surface area contributed by atoms with Crippen LogP contribution in [0.2, 0.25) is 0 Å². The Balaban J connectivity index is 2.15. The van der Waals surface area contributed by atoms with Gasteiger partial charge in [0.05, 0.1) is 17.2 Å². The highest BCUT2D eigenvalue weighted by Crippen LogP contribution is 2.24. The first-order valence-electron chi connectivity index (χ1n) is 6.05. The molecule has 1 saturated heterocycles.